The normalized spacial score (nSPS) is 17.0. The van der Waals surface area contributed by atoms with Gasteiger partial charge in [0.05, 0.1) is 6.04 Å². The lowest BCUT2D eigenvalue weighted by Gasteiger charge is -2.35. The first-order valence-electron chi connectivity index (χ1n) is 9.93. The number of likely N-dealkylation sites (N-methyl/N-ethyl adjacent to an activating group) is 1. The van der Waals surface area contributed by atoms with Crippen LogP contribution in [0.15, 0.2) is 35.3 Å². The summed E-state index contributed by atoms with van der Waals surface area (Å²) in [5.74, 6) is 0.711. The van der Waals surface area contributed by atoms with E-state index in [0.717, 1.165) is 25.9 Å². The Morgan fingerprint density at radius 2 is 1.79 bits per heavy atom. The quantitative estimate of drug-likeness (QED) is 0.358. The Bertz CT molecular complexity index is 612. The number of piperidine rings is 1. The third-order valence-electron chi connectivity index (χ3n) is 5.12. The molecule has 0 saturated carbocycles. The van der Waals surface area contributed by atoms with Gasteiger partial charge in [0, 0.05) is 39.3 Å². The van der Waals surface area contributed by atoms with Crippen LogP contribution in [0, 0.1) is 0 Å². The van der Waals surface area contributed by atoms with Crippen LogP contribution in [0.4, 0.5) is 0 Å². The summed E-state index contributed by atoms with van der Waals surface area (Å²) in [6.45, 7) is 8.94. The van der Waals surface area contributed by atoms with Crippen LogP contribution in [0.25, 0.3) is 0 Å². The van der Waals surface area contributed by atoms with Crippen molar-refractivity contribution >= 4 is 35.8 Å². The van der Waals surface area contributed by atoms with Gasteiger partial charge in [-0.15, -0.1) is 24.0 Å². The number of halogens is 1. The van der Waals surface area contributed by atoms with E-state index >= 15 is 0 Å². The molecule has 1 fully saturated rings. The van der Waals surface area contributed by atoms with Gasteiger partial charge in [0.25, 0.3) is 0 Å². The number of carbonyl (C=O) groups is 1. The molecule has 158 valence electrons. The van der Waals surface area contributed by atoms with Crippen LogP contribution >= 0.6 is 24.0 Å². The van der Waals surface area contributed by atoms with E-state index in [1.54, 1.807) is 19.0 Å². The highest BCUT2D eigenvalue weighted by Crippen LogP contribution is 2.14. The Morgan fingerprint density at radius 3 is 2.32 bits per heavy atom. The summed E-state index contributed by atoms with van der Waals surface area (Å²) in [6, 6.07) is 11.4. The second kappa shape index (κ2) is 12.3. The van der Waals surface area contributed by atoms with E-state index in [9.17, 15) is 4.79 Å². The third kappa shape index (κ3) is 7.95. The largest absolute Gasteiger partial charge is 0.354 e. The first-order valence-corrected chi connectivity index (χ1v) is 9.93. The minimum Gasteiger partial charge on any atom is -0.354 e. The van der Waals surface area contributed by atoms with Crippen molar-refractivity contribution in [3.8, 4) is 0 Å². The lowest BCUT2D eigenvalue weighted by atomic mass is 10.0. The average molecular weight is 501 g/mol. The number of carbonyl (C=O) groups excluding carboxylic acids is 1. The van der Waals surface area contributed by atoms with Gasteiger partial charge in [-0.05, 0) is 39.2 Å². The molecule has 7 heteroatoms. The molecule has 0 aliphatic carbocycles. The zero-order valence-electron chi connectivity index (χ0n) is 17.8. The molecule has 1 unspecified atom stereocenters. The molecule has 6 nitrogen and oxygen atoms in total. The first-order chi connectivity index (χ1) is 12.9. The number of likely N-dealkylation sites (tertiary alicyclic amines) is 1. The Hall–Kier alpha value is -1.35. The number of nitrogens with zero attached hydrogens (tertiary/aromatic N) is 3. The van der Waals surface area contributed by atoms with E-state index in [4.69, 9.17) is 0 Å². The molecule has 1 aromatic carbocycles. The van der Waals surface area contributed by atoms with Gasteiger partial charge >= 0.3 is 0 Å². The number of rotatable bonds is 6. The second-order valence-corrected chi connectivity index (χ2v) is 7.78. The predicted molar refractivity (Wildman–Crippen MR) is 127 cm³/mol. The molecule has 0 radical (unpaired) electrons. The molecular formula is C21H36IN5O. The Balaban J connectivity index is 0.00000392. The maximum absolute atomic E-state index is 12.0. The molecule has 1 aliphatic heterocycles. The van der Waals surface area contributed by atoms with Gasteiger partial charge < -0.3 is 20.4 Å². The summed E-state index contributed by atoms with van der Waals surface area (Å²) in [7, 11) is 3.51. The highest BCUT2D eigenvalue weighted by atomic mass is 127. The van der Waals surface area contributed by atoms with Gasteiger partial charge in [0.1, 0.15) is 6.54 Å². The van der Waals surface area contributed by atoms with Crippen LogP contribution in [0.3, 0.4) is 0 Å². The van der Waals surface area contributed by atoms with Crippen molar-refractivity contribution in [2.24, 2.45) is 4.99 Å². The van der Waals surface area contributed by atoms with Gasteiger partial charge in [0.15, 0.2) is 5.96 Å². The molecule has 0 bridgehead atoms. The fourth-order valence-corrected chi connectivity index (χ4v) is 3.20. The van der Waals surface area contributed by atoms with Crippen LogP contribution in [0.2, 0.25) is 0 Å². The Morgan fingerprint density at radius 1 is 1.18 bits per heavy atom. The van der Waals surface area contributed by atoms with Crippen LogP contribution < -0.4 is 10.6 Å². The number of amides is 1. The van der Waals surface area contributed by atoms with Crippen molar-refractivity contribution in [1.29, 1.82) is 0 Å². The number of nitrogens with one attached hydrogen (secondary N) is 2. The van der Waals surface area contributed by atoms with Crippen LogP contribution in [-0.2, 0) is 4.79 Å². The molecule has 2 rings (SSSR count). The summed E-state index contributed by atoms with van der Waals surface area (Å²) in [4.78, 5) is 20.6. The molecule has 2 N–H and O–H groups in total. The van der Waals surface area contributed by atoms with Gasteiger partial charge in [-0.1, -0.05) is 30.3 Å². The average Bonchev–Trinajstić information content (AvgIpc) is 2.66. The number of aliphatic imine (C=N–C) groups is 1. The van der Waals surface area contributed by atoms with Crippen LogP contribution in [0.5, 0.6) is 0 Å². The second-order valence-electron chi connectivity index (χ2n) is 7.78. The monoisotopic (exact) mass is 501 g/mol. The molecule has 1 heterocycles. The maximum atomic E-state index is 12.0. The number of guanidine groups is 1. The van der Waals surface area contributed by atoms with Gasteiger partial charge in [-0.25, -0.2) is 4.99 Å². The first kappa shape index (κ1) is 24.7. The molecular weight excluding hydrogens is 465 g/mol. The molecule has 0 spiro atoms. The molecule has 1 aliphatic rings. The van der Waals surface area contributed by atoms with Crippen molar-refractivity contribution in [3.05, 3.63) is 35.9 Å². The van der Waals surface area contributed by atoms with Crippen LogP contribution in [0.1, 0.15) is 45.2 Å². The standard InChI is InChI=1S/C21H35N5O.HI/c1-16(2)26-13-11-19(12-14-26)24-21(22-15-20(27)25(4)5)23-17(3)18-9-7-6-8-10-18;/h6-10,16-17,19H,11-15H2,1-5H3,(H2,22,23,24);1H. The molecule has 0 aromatic heterocycles. The molecule has 28 heavy (non-hydrogen) atoms. The zero-order chi connectivity index (χ0) is 19.8. The third-order valence-corrected chi connectivity index (χ3v) is 5.12. The SMILES string of the molecule is CC(NC(=NCC(=O)N(C)C)NC1CCN(C(C)C)CC1)c1ccccc1.I. The minimum atomic E-state index is -0.00177. The fraction of sp³-hybridized carbons (Fsp3) is 0.619. The number of hydrogen-bond donors (Lipinski definition) is 2. The molecule has 1 aromatic rings. The fourth-order valence-electron chi connectivity index (χ4n) is 3.20. The van der Waals surface area contributed by atoms with E-state index < -0.39 is 0 Å². The topological polar surface area (TPSA) is 60.0 Å². The molecule has 1 saturated heterocycles. The lowest BCUT2D eigenvalue weighted by Crippen LogP contribution is -2.50. The molecule has 1 amide bonds. The van der Waals surface area contributed by atoms with Crippen molar-refractivity contribution in [3.63, 3.8) is 0 Å². The van der Waals surface area contributed by atoms with E-state index in [-0.39, 0.29) is 42.5 Å². The zero-order valence-corrected chi connectivity index (χ0v) is 20.1. The maximum Gasteiger partial charge on any atom is 0.243 e. The van der Waals surface area contributed by atoms with Gasteiger partial charge in [-0.2, -0.15) is 0 Å². The van der Waals surface area contributed by atoms with Crippen molar-refractivity contribution in [1.82, 2.24) is 20.4 Å². The van der Waals surface area contributed by atoms with E-state index in [1.165, 1.54) is 5.56 Å². The van der Waals surface area contributed by atoms with Gasteiger partial charge in [0.2, 0.25) is 5.91 Å². The number of hydrogen-bond acceptors (Lipinski definition) is 3. The summed E-state index contributed by atoms with van der Waals surface area (Å²) in [6.07, 6.45) is 2.17. The van der Waals surface area contributed by atoms with E-state index in [0.29, 0.717) is 18.0 Å². The molecule has 1 atom stereocenters. The number of benzene rings is 1. The predicted octanol–water partition coefficient (Wildman–Crippen LogP) is 2.86. The van der Waals surface area contributed by atoms with Crippen molar-refractivity contribution in [2.45, 2.75) is 51.7 Å². The van der Waals surface area contributed by atoms with E-state index in [1.807, 2.05) is 18.2 Å². The van der Waals surface area contributed by atoms with Crippen LogP contribution in [-0.4, -0.2) is 67.5 Å². The summed E-state index contributed by atoms with van der Waals surface area (Å²) < 4.78 is 0. The Kier molecular flexibility index (Phi) is 10.8. The smallest absolute Gasteiger partial charge is 0.243 e. The summed E-state index contributed by atoms with van der Waals surface area (Å²) >= 11 is 0. The van der Waals surface area contributed by atoms with Gasteiger partial charge in [-0.3, -0.25) is 4.79 Å². The lowest BCUT2D eigenvalue weighted by molar-refractivity contribution is -0.127. The van der Waals surface area contributed by atoms with Crippen molar-refractivity contribution < 1.29 is 4.79 Å². The summed E-state index contributed by atoms with van der Waals surface area (Å²) in [5, 5.41) is 7.02. The minimum absolute atomic E-state index is 0. The summed E-state index contributed by atoms with van der Waals surface area (Å²) in [5.41, 5.74) is 1.19. The highest BCUT2D eigenvalue weighted by Gasteiger charge is 2.22. The highest BCUT2D eigenvalue weighted by molar-refractivity contribution is 14.0. The van der Waals surface area contributed by atoms with E-state index in [2.05, 4.69) is 53.4 Å². The van der Waals surface area contributed by atoms with Crippen molar-refractivity contribution in [2.75, 3.05) is 33.7 Å². The Labute approximate surface area is 187 Å².